The molecule has 2 aromatic carbocycles. The van der Waals surface area contributed by atoms with Crippen LogP contribution in [0.2, 0.25) is 0 Å². The molecule has 0 saturated heterocycles. The van der Waals surface area contributed by atoms with Crippen LogP contribution in [-0.4, -0.2) is 17.4 Å². The predicted octanol–water partition coefficient (Wildman–Crippen LogP) is 2.89. The van der Waals surface area contributed by atoms with Crippen LogP contribution in [0.15, 0.2) is 42.5 Å². The van der Waals surface area contributed by atoms with Crippen LogP contribution in [0.4, 0.5) is 20.2 Å². The number of hydrogen-bond acceptors (Lipinski definition) is 4. The molecular formula is C14H10F2N2O4. The molecule has 0 aromatic heterocycles. The average molecular weight is 308 g/mol. The van der Waals surface area contributed by atoms with Gasteiger partial charge in [0.2, 0.25) is 0 Å². The van der Waals surface area contributed by atoms with Gasteiger partial charge in [0.25, 0.3) is 11.6 Å². The van der Waals surface area contributed by atoms with Crippen LogP contribution in [0.25, 0.3) is 0 Å². The quantitative estimate of drug-likeness (QED) is 0.680. The summed E-state index contributed by atoms with van der Waals surface area (Å²) in [5.74, 6) is -2.50. The van der Waals surface area contributed by atoms with Gasteiger partial charge < -0.3 is 10.1 Å². The molecule has 8 heteroatoms. The standard InChI is InChI=1S/C14H10F2N2O4/c15-9-1-6-13(12(16)7-9)22-8-14(19)17-10-2-4-11(5-3-10)18(20)21/h1-7H,8H2,(H,17,19). The van der Waals surface area contributed by atoms with Crippen molar-refractivity contribution in [3.8, 4) is 5.75 Å². The fraction of sp³-hybridized carbons (Fsp3) is 0.0714. The first-order valence-electron chi connectivity index (χ1n) is 6.08. The number of amides is 1. The molecule has 0 atom stereocenters. The van der Waals surface area contributed by atoms with Gasteiger partial charge in [-0.1, -0.05) is 0 Å². The number of nitrogens with zero attached hydrogens (tertiary/aromatic N) is 1. The summed E-state index contributed by atoms with van der Waals surface area (Å²) in [6.07, 6.45) is 0. The molecule has 2 rings (SSSR count). The molecular weight excluding hydrogens is 298 g/mol. The number of nitrogens with one attached hydrogen (secondary N) is 1. The second-order valence-corrected chi connectivity index (χ2v) is 4.22. The number of ether oxygens (including phenoxy) is 1. The molecule has 0 fully saturated rings. The van der Waals surface area contributed by atoms with Crippen LogP contribution < -0.4 is 10.1 Å². The van der Waals surface area contributed by atoms with Crippen LogP contribution >= 0.6 is 0 Å². The number of nitro benzene ring substituents is 1. The Morgan fingerprint density at radius 3 is 2.45 bits per heavy atom. The van der Waals surface area contributed by atoms with Gasteiger partial charge in [0.05, 0.1) is 4.92 Å². The summed E-state index contributed by atoms with van der Waals surface area (Å²) in [4.78, 5) is 21.5. The minimum Gasteiger partial charge on any atom is -0.481 e. The summed E-state index contributed by atoms with van der Waals surface area (Å²) in [7, 11) is 0. The van der Waals surface area contributed by atoms with Crippen molar-refractivity contribution in [1.29, 1.82) is 0 Å². The van der Waals surface area contributed by atoms with E-state index in [9.17, 15) is 23.7 Å². The van der Waals surface area contributed by atoms with Gasteiger partial charge in [-0.2, -0.15) is 0 Å². The van der Waals surface area contributed by atoms with Crippen molar-refractivity contribution in [2.45, 2.75) is 0 Å². The minimum absolute atomic E-state index is 0.109. The Balaban J connectivity index is 1.91. The highest BCUT2D eigenvalue weighted by molar-refractivity contribution is 5.91. The number of nitro groups is 1. The molecule has 1 amide bonds. The number of anilines is 1. The monoisotopic (exact) mass is 308 g/mol. The highest BCUT2D eigenvalue weighted by atomic mass is 19.1. The predicted molar refractivity (Wildman–Crippen MR) is 73.6 cm³/mol. The Morgan fingerprint density at radius 1 is 1.18 bits per heavy atom. The topological polar surface area (TPSA) is 81.5 Å². The first-order chi connectivity index (χ1) is 10.5. The van der Waals surface area contributed by atoms with Gasteiger partial charge in [0.1, 0.15) is 5.82 Å². The van der Waals surface area contributed by atoms with Crippen LogP contribution in [0, 0.1) is 21.7 Å². The van der Waals surface area contributed by atoms with Gasteiger partial charge >= 0.3 is 0 Å². The van der Waals surface area contributed by atoms with Gasteiger partial charge in [-0.05, 0) is 24.3 Å². The Hall–Kier alpha value is -3.03. The van der Waals surface area contributed by atoms with Gasteiger partial charge in [-0.15, -0.1) is 0 Å². The molecule has 6 nitrogen and oxygen atoms in total. The summed E-state index contributed by atoms with van der Waals surface area (Å²) in [6, 6.07) is 7.90. The molecule has 0 aliphatic heterocycles. The van der Waals surface area contributed by atoms with E-state index in [0.717, 1.165) is 12.1 Å². The lowest BCUT2D eigenvalue weighted by Crippen LogP contribution is -2.20. The summed E-state index contributed by atoms with van der Waals surface area (Å²) in [5.41, 5.74) is 0.224. The number of benzene rings is 2. The van der Waals surface area contributed by atoms with E-state index in [0.29, 0.717) is 11.8 Å². The van der Waals surface area contributed by atoms with Crippen LogP contribution in [0.1, 0.15) is 0 Å². The van der Waals surface area contributed by atoms with Gasteiger partial charge in [0.15, 0.2) is 18.2 Å². The lowest BCUT2D eigenvalue weighted by Gasteiger charge is -2.08. The third-order valence-corrected chi connectivity index (χ3v) is 2.61. The SMILES string of the molecule is O=C(COc1ccc(F)cc1F)Nc1ccc([N+](=O)[O-])cc1. The lowest BCUT2D eigenvalue weighted by atomic mass is 10.3. The molecule has 0 saturated carbocycles. The molecule has 1 N–H and O–H groups in total. The Morgan fingerprint density at radius 2 is 1.86 bits per heavy atom. The second-order valence-electron chi connectivity index (χ2n) is 4.22. The molecule has 0 aliphatic carbocycles. The highest BCUT2D eigenvalue weighted by Gasteiger charge is 2.09. The zero-order chi connectivity index (χ0) is 16.1. The van der Waals surface area contributed by atoms with E-state index in [1.54, 1.807) is 0 Å². The number of hydrogen-bond donors (Lipinski definition) is 1. The molecule has 0 aliphatic rings. The first kappa shape index (κ1) is 15.4. The van der Waals surface area contributed by atoms with E-state index in [1.165, 1.54) is 24.3 Å². The van der Waals surface area contributed by atoms with E-state index in [1.807, 2.05) is 0 Å². The van der Waals surface area contributed by atoms with E-state index < -0.39 is 29.1 Å². The van der Waals surface area contributed by atoms with Crippen LogP contribution in [-0.2, 0) is 4.79 Å². The molecule has 114 valence electrons. The maximum absolute atomic E-state index is 13.3. The van der Waals surface area contributed by atoms with Crippen molar-refractivity contribution in [2.75, 3.05) is 11.9 Å². The highest BCUT2D eigenvalue weighted by Crippen LogP contribution is 2.18. The number of rotatable bonds is 5. The Kier molecular flexibility index (Phi) is 4.62. The zero-order valence-corrected chi connectivity index (χ0v) is 11.1. The summed E-state index contributed by atoms with van der Waals surface area (Å²) < 4.78 is 30.9. The lowest BCUT2D eigenvalue weighted by molar-refractivity contribution is -0.384. The molecule has 0 unspecified atom stereocenters. The maximum atomic E-state index is 13.3. The normalized spacial score (nSPS) is 10.1. The molecule has 2 aromatic rings. The smallest absolute Gasteiger partial charge is 0.269 e. The average Bonchev–Trinajstić information content (AvgIpc) is 2.47. The summed E-state index contributed by atoms with van der Waals surface area (Å²) in [6.45, 7) is -0.487. The van der Waals surface area contributed by atoms with Crippen LogP contribution in [0.3, 0.4) is 0 Å². The molecule has 0 spiro atoms. The van der Waals surface area contributed by atoms with Gasteiger partial charge in [-0.3, -0.25) is 14.9 Å². The van der Waals surface area contributed by atoms with E-state index in [4.69, 9.17) is 4.74 Å². The van der Waals surface area contributed by atoms with Crippen molar-refractivity contribution in [2.24, 2.45) is 0 Å². The van der Waals surface area contributed by atoms with Crippen molar-refractivity contribution < 1.29 is 23.2 Å². The zero-order valence-electron chi connectivity index (χ0n) is 11.1. The van der Waals surface area contributed by atoms with E-state index >= 15 is 0 Å². The van der Waals surface area contributed by atoms with Crippen LogP contribution in [0.5, 0.6) is 5.75 Å². The molecule has 0 heterocycles. The van der Waals surface area contributed by atoms with E-state index in [-0.39, 0.29) is 11.4 Å². The van der Waals surface area contributed by atoms with Crippen molar-refractivity contribution in [3.05, 3.63) is 64.2 Å². The molecule has 22 heavy (non-hydrogen) atoms. The minimum atomic E-state index is -0.914. The van der Waals surface area contributed by atoms with Gasteiger partial charge in [-0.25, -0.2) is 8.78 Å². The number of carbonyl (C=O) groups excluding carboxylic acids is 1. The molecule has 0 radical (unpaired) electrons. The number of carbonyl (C=O) groups is 1. The van der Waals surface area contributed by atoms with Crippen molar-refractivity contribution in [3.63, 3.8) is 0 Å². The third kappa shape index (κ3) is 3.98. The van der Waals surface area contributed by atoms with E-state index in [2.05, 4.69) is 5.32 Å². The number of halogens is 2. The Bertz CT molecular complexity index is 704. The second kappa shape index (κ2) is 6.61. The Labute approximate surface area is 123 Å². The fourth-order valence-corrected chi connectivity index (χ4v) is 1.60. The number of non-ortho nitro benzene ring substituents is 1. The summed E-state index contributed by atoms with van der Waals surface area (Å²) in [5, 5.41) is 12.9. The third-order valence-electron chi connectivity index (χ3n) is 2.61. The first-order valence-corrected chi connectivity index (χ1v) is 6.08. The molecule has 0 bridgehead atoms. The fourth-order valence-electron chi connectivity index (χ4n) is 1.60. The summed E-state index contributed by atoms with van der Waals surface area (Å²) >= 11 is 0. The maximum Gasteiger partial charge on any atom is 0.269 e. The largest absolute Gasteiger partial charge is 0.481 e. The van der Waals surface area contributed by atoms with Crippen molar-refractivity contribution in [1.82, 2.24) is 0 Å². The van der Waals surface area contributed by atoms with Gasteiger partial charge in [0, 0.05) is 23.9 Å². The van der Waals surface area contributed by atoms with Crippen molar-refractivity contribution >= 4 is 17.3 Å².